The van der Waals surface area contributed by atoms with E-state index < -0.39 is 10.0 Å². The molecule has 0 amide bonds. The molecule has 0 radical (unpaired) electrons. The van der Waals surface area contributed by atoms with Crippen molar-refractivity contribution in [1.82, 2.24) is 5.32 Å². The van der Waals surface area contributed by atoms with Gasteiger partial charge in [-0.25, -0.2) is 13.6 Å². The van der Waals surface area contributed by atoms with Gasteiger partial charge in [-0.1, -0.05) is 57.9 Å². The second-order valence-corrected chi connectivity index (χ2v) is 9.90. The van der Waals surface area contributed by atoms with Gasteiger partial charge in [-0.2, -0.15) is 0 Å². The van der Waals surface area contributed by atoms with E-state index in [0.29, 0.717) is 24.7 Å². The number of rotatable bonds is 10. The second-order valence-electron chi connectivity index (χ2n) is 7.49. The molecule has 170 valence electrons. The largest absolute Gasteiger partial charge is 0.493 e. The first-order valence-electron chi connectivity index (χ1n) is 10.1. The van der Waals surface area contributed by atoms with E-state index in [0.717, 1.165) is 34.1 Å². The lowest BCUT2D eigenvalue weighted by molar-refractivity contribution is 0.284. The van der Waals surface area contributed by atoms with Gasteiger partial charge in [-0.05, 0) is 60.8 Å². The van der Waals surface area contributed by atoms with Crippen molar-refractivity contribution in [2.24, 2.45) is 5.14 Å². The minimum absolute atomic E-state index is 0.120. The van der Waals surface area contributed by atoms with Gasteiger partial charge >= 0.3 is 0 Å². The highest BCUT2D eigenvalue weighted by molar-refractivity contribution is 9.10. The molecule has 0 aliphatic rings. The molecular weight excluding hydrogens is 492 g/mol. The number of sulfonamides is 1. The van der Waals surface area contributed by atoms with Gasteiger partial charge < -0.3 is 14.8 Å². The molecule has 0 bridgehead atoms. The van der Waals surface area contributed by atoms with E-state index in [4.69, 9.17) is 14.6 Å². The number of nitrogens with one attached hydrogen (secondary N) is 1. The molecule has 0 aliphatic carbocycles. The molecule has 0 saturated heterocycles. The van der Waals surface area contributed by atoms with Gasteiger partial charge in [-0.15, -0.1) is 0 Å². The number of methoxy groups -OCH3 is 1. The molecule has 3 rings (SSSR count). The van der Waals surface area contributed by atoms with Gasteiger partial charge in [0.25, 0.3) is 0 Å². The molecule has 0 unspecified atom stereocenters. The van der Waals surface area contributed by atoms with Crippen molar-refractivity contribution in [1.29, 1.82) is 0 Å². The second kappa shape index (κ2) is 11.0. The van der Waals surface area contributed by atoms with E-state index in [1.807, 2.05) is 24.3 Å². The number of primary sulfonamides is 1. The third-order valence-electron chi connectivity index (χ3n) is 4.97. The van der Waals surface area contributed by atoms with Crippen LogP contribution in [0.2, 0.25) is 0 Å². The highest BCUT2D eigenvalue weighted by Gasteiger charge is 2.11. The smallest absolute Gasteiger partial charge is 0.238 e. The number of halogens is 1. The van der Waals surface area contributed by atoms with Gasteiger partial charge in [-0.3, -0.25) is 0 Å². The summed E-state index contributed by atoms with van der Waals surface area (Å²) in [7, 11) is -2.03. The lowest BCUT2D eigenvalue weighted by atomic mass is 10.1. The van der Waals surface area contributed by atoms with Crippen LogP contribution in [-0.4, -0.2) is 22.1 Å². The third kappa shape index (κ3) is 6.80. The van der Waals surface area contributed by atoms with Crippen LogP contribution in [0.15, 0.2) is 70.0 Å². The molecule has 3 aromatic carbocycles. The van der Waals surface area contributed by atoms with Gasteiger partial charge in [0.2, 0.25) is 10.0 Å². The fraction of sp³-hybridized carbons (Fsp3) is 0.250. The first kappa shape index (κ1) is 24.3. The standard InChI is InChI=1S/C24H27BrN2O4S/c1-17-4-3-5-19(12-17)16-31-24-14-22(25)20(13-23(24)30-2)15-27-11-10-18-6-8-21(9-7-18)32(26,28)29/h3-9,12-14,27H,10-11,15-16H2,1-2H3,(H2,26,28,29). The Hall–Kier alpha value is -2.39. The lowest BCUT2D eigenvalue weighted by Gasteiger charge is -2.15. The minimum atomic E-state index is -3.66. The number of benzene rings is 3. The molecule has 8 heteroatoms. The molecule has 3 aromatic rings. The van der Waals surface area contributed by atoms with E-state index in [1.165, 1.54) is 17.7 Å². The van der Waals surface area contributed by atoms with Gasteiger partial charge in [0.05, 0.1) is 12.0 Å². The van der Waals surface area contributed by atoms with E-state index >= 15 is 0 Å². The van der Waals surface area contributed by atoms with E-state index in [9.17, 15) is 8.42 Å². The maximum atomic E-state index is 11.3. The Morgan fingerprint density at radius 1 is 1.00 bits per heavy atom. The first-order chi connectivity index (χ1) is 15.3. The Kier molecular flexibility index (Phi) is 8.31. The molecule has 0 atom stereocenters. The summed E-state index contributed by atoms with van der Waals surface area (Å²) in [5, 5.41) is 8.53. The zero-order valence-corrected chi connectivity index (χ0v) is 20.5. The fourth-order valence-electron chi connectivity index (χ4n) is 3.25. The SMILES string of the molecule is COc1cc(CNCCc2ccc(S(N)(=O)=O)cc2)c(Br)cc1OCc1cccc(C)c1. The number of ether oxygens (including phenoxy) is 2. The van der Waals surface area contributed by atoms with Gasteiger partial charge in [0.1, 0.15) is 6.61 Å². The molecule has 6 nitrogen and oxygen atoms in total. The van der Waals surface area contributed by atoms with Crippen LogP contribution in [0.3, 0.4) is 0 Å². The molecule has 0 aliphatic heterocycles. The van der Waals surface area contributed by atoms with E-state index in [-0.39, 0.29) is 4.90 Å². The van der Waals surface area contributed by atoms with Crippen LogP contribution in [0.5, 0.6) is 11.5 Å². The molecule has 0 saturated carbocycles. The van der Waals surface area contributed by atoms with Crippen LogP contribution in [0.1, 0.15) is 22.3 Å². The maximum Gasteiger partial charge on any atom is 0.238 e. The predicted molar refractivity (Wildman–Crippen MR) is 129 cm³/mol. The van der Waals surface area contributed by atoms with Crippen molar-refractivity contribution in [2.45, 2.75) is 31.4 Å². The topological polar surface area (TPSA) is 90.6 Å². The highest BCUT2D eigenvalue weighted by atomic mass is 79.9. The van der Waals surface area contributed by atoms with Gasteiger partial charge in [0, 0.05) is 11.0 Å². The third-order valence-corrected chi connectivity index (χ3v) is 6.63. The van der Waals surface area contributed by atoms with Crippen LogP contribution in [0, 0.1) is 6.92 Å². The summed E-state index contributed by atoms with van der Waals surface area (Å²) >= 11 is 3.63. The predicted octanol–water partition coefficient (Wildman–Crippen LogP) is 4.32. The molecule has 0 fully saturated rings. The quantitative estimate of drug-likeness (QED) is 0.390. The highest BCUT2D eigenvalue weighted by Crippen LogP contribution is 2.34. The maximum absolute atomic E-state index is 11.3. The van der Waals surface area contributed by atoms with E-state index in [1.54, 1.807) is 19.2 Å². The van der Waals surface area contributed by atoms with Gasteiger partial charge in [0.15, 0.2) is 11.5 Å². The lowest BCUT2D eigenvalue weighted by Crippen LogP contribution is -2.17. The van der Waals surface area contributed by atoms with Crippen LogP contribution >= 0.6 is 15.9 Å². The molecule has 0 heterocycles. The molecule has 0 spiro atoms. The van der Waals surface area contributed by atoms with Crippen molar-refractivity contribution in [3.8, 4) is 11.5 Å². The summed E-state index contributed by atoms with van der Waals surface area (Å²) in [6, 6.07) is 18.7. The number of aryl methyl sites for hydroxylation is 1. The number of hydrogen-bond acceptors (Lipinski definition) is 5. The molecular formula is C24H27BrN2O4S. The van der Waals surface area contributed by atoms with Crippen LogP contribution in [-0.2, 0) is 29.6 Å². The zero-order valence-electron chi connectivity index (χ0n) is 18.1. The number of nitrogens with two attached hydrogens (primary N) is 1. The summed E-state index contributed by atoms with van der Waals surface area (Å²) in [4.78, 5) is 0.120. The Labute approximate surface area is 197 Å². The van der Waals surface area contributed by atoms with Crippen molar-refractivity contribution in [2.75, 3.05) is 13.7 Å². The Morgan fingerprint density at radius 2 is 1.75 bits per heavy atom. The summed E-state index contributed by atoms with van der Waals surface area (Å²) < 4.78 is 35.1. The average molecular weight is 519 g/mol. The first-order valence-corrected chi connectivity index (χ1v) is 12.5. The zero-order chi connectivity index (χ0) is 23.1. The summed E-state index contributed by atoms with van der Waals surface area (Å²) in [5.41, 5.74) is 4.38. The summed E-state index contributed by atoms with van der Waals surface area (Å²) in [5.74, 6) is 1.36. The number of hydrogen-bond donors (Lipinski definition) is 2. The fourth-order valence-corrected chi connectivity index (χ4v) is 4.23. The monoisotopic (exact) mass is 518 g/mol. The van der Waals surface area contributed by atoms with Crippen LogP contribution in [0.4, 0.5) is 0 Å². The van der Waals surface area contributed by atoms with Crippen molar-refractivity contribution >= 4 is 26.0 Å². The summed E-state index contributed by atoms with van der Waals surface area (Å²) in [6.45, 7) is 3.90. The van der Waals surface area contributed by atoms with Crippen LogP contribution in [0.25, 0.3) is 0 Å². The molecule has 32 heavy (non-hydrogen) atoms. The average Bonchev–Trinajstić information content (AvgIpc) is 2.76. The van der Waals surface area contributed by atoms with Crippen molar-refractivity contribution in [3.05, 3.63) is 87.4 Å². The van der Waals surface area contributed by atoms with Crippen molar-refractivity contribution < 1.29 is 17.9 Å². The Balaban J connectivity index is 1.56. The van der Waals surface area contributed by atoms with Crippen LogP contribution < -0.4 is 19.9 Å². The minimum Gasteiger partial charge on any atom is -0.493 e. The van der Waals surface area contributed by atoms with Crippen molar-refractivity contribution in [3.63, 3.8) is 0 Å². The van der Waals surface area contributed by atoms with E-state index in [2.05, 4.69) is 40.3 Å². The molecule has 0 aromatic heterocycles. The Morgan fingerprint density at radius 3 is 2.41 bits per heavy atom. The summed E-state index contributed by atoms with van der Waals surface area (Å²) in [6.07, 6.45) is 0.761. The Bertz CT molecular complexity index is 1170. The molecule has 3 N–H and O–H groups in total. The normalized spacial score (nSPS) is 11.4.